The minimum absolute atomic E-state index is 0.00587. The quantitative estimate of drug-likeness (QED) is 0.175. The molecule has 41 heavy (non-hydrogen) atoms. The van der Waals surface area contributed by atoms with E-state index in [1.165, 1.54) is 49.6 Å². The van der Waals surface area contributed by atoms with Gasteiger partial charge in [0.2, 0.25) is 5.76 Å². The Labute approximate surface area is 246 Å². The highest BCUT2D eigenvalue weighted by Crippen LogP contribution is 2.43. The van der Waals surface area contributed by atoms with Crippen molar-refractivity contribution in [1.82, 2.24) is 10.2 Å². The second-order valence-electron chi connectivity index (χ2n) is 8.31. The molecule has 0 spiro atoms. The largest absolute Gasteiger partial charge is 0.490 e. The molecule has 2 aromatic carbocycles. The molecule has 1 aromatic heterocycles. The molecule has 0 radical (unpaired) electrons. The first-order chi connectivity index (χ1) is 19.6. The minimum Gasteiger partial charge on any atom is -0.490 e. The van der Waals surface area contributed by atoms with E-state index in [1.54, 1.807) is 13.0 Å². The molecule has 0 atom stereocenters. The van der Waals surface area contributed by atoms with Crippen molar-refractivity contribution in [2.45, 2.75) is 13.5 Å². The van der Waals surface area contributed by atoms with E-state index in [9.17, 15) is 23.6 Å². The van der Waals surface area contributed by atoms with E-state index in [2.05, 4.69) is 31.3 Å². The number of nitrogens with one attached hydrogen (secondary N) is 2. The molecule has 214 valence electrons. The number of rotatable bonds is 10. The van der Waals surface area contributed by atoms with Gasteiger partial charge in [-0.25, -0.2) is 14.0 Å². The van der Waals surface area contributed by atoms with Crippen molar-refractivity contribution in [3.05, 3.63) is 80.6 Å². The molecule has 4 rings (SSSR count). The van der Waals surface area contributed by atoms with Crippen LogP contribution in [0.3, 0.4) is 0 Å². The fourth-order valence-electron chi connectivity index (χ4n) is 3.69. The number of hydrogen-bond donors (Lipinski definition) is 2. The predicted octanol–water partition coefficient (Wildman–Crippen LogP) is 5.13. The number of methoxy groups -OCH3 is 1. The summed E-state index contributed by atoms with van der Waals surface area (Å²) in [4.78, 5) is 50.4. The van der Waals surface area contributed by atoms with Crippen LogP contribution in [-0.4, -0.2) is 49.0 Å². The third-order valence-electron chi connectivity index (χ3n) is 5.58. The summed E-state index contributed by atoms with van der Waals surface area (Å²) in [5.41, 5.74) is 0.290. The number of benzene rings is 2. The number of hydrogen-bond acceptors (Lipinski definition) is 8. The van der Waals surface area contributed by atoms with E-state index >= 15 is 0 Å². The number of imide groups is 1. The highest BCUT2D eigenvalue weighted by atomic mass is 79.9. The van der Waals surface area contributed by atoms with Crippen molar-refractivity contribution in [3.63, 3.8) is 0 Å². The molecular formula is C27H22BrClFN3O8. The fraction of sp³-hybridized carbons (Fsp3) is 0.185. The van der Waals surface area contributed by atoms with Crippen molar-refractivity contribution < 1.29 is 42.2 Å². The Morgan fingerprint density at radius 3 is 2.66 bits per heavy atom. The number of ether oxygens (including phenoxy) is 3. The molecule has 0 bridgehead atoms. The first kappa shape index (κ1) is 29.6. The molecule has 2 N–H and O–H groups in total. The van der Waals surface area contributed by atoms with Crippen molar-refractivity contribution in [2.24, 2.45) is 0 Å². The molecule has 1 fully saturated rings. The van der Waals surface area contributed by atoms with Crippen LogP contribution in [0, 0.1) is 5.82 Å². The SMILES string of the molecule is CCOc1cc(/C=C2\NC(=O)N(Cc3ccc(C(=O)OC)o3)C2=O)c(Br)c(Cl)c1OCC(=O)Nc1ccccc1F. The topological polar surface area (TPSA) is 136 Å². The van der Waals surface area contributed by atoms with Gasteiger partial charge in [-0.2, -0.15) is 0 Å². The molecule has 2 heterocycles. The van der Waals surface area contributed by atoms with Crippen LogP contribution in [0.1, 0.15) is 28.8 Å². The first-order valence-electron chi connectivity index (χ1n) is 12.0. The van der Waals surface area contributed by atoms with Crippen molar-refractivity contribution >= 4 is 63.1 Å². The molecule has 0 saturated carbocycles. The van der Waals surface area contributed by atoms with E-state index in [-0.39, 0.29) is 57.1 Å². The maximum Gasteiger partial charge on any atom is 0.373 e. The normalized spacial score (nSPS) is 13.8. The highest BCUT2D eigenvalue weighted by Gasteiger charge is 2.35. The molecule has 1 aliphatic rings. The lowest BCUT2D eigenvalue weighted by molar-refractivity contribution is -0.123. The zero-order valence-corrected chi connectivity index (χ0v) is 23.9. The predicted molar refractivity (Wildman–Crippen MR) is 148 cm³/mol. The standard InChI is InChI=1S/C27H22BrClFN3O8/c1-3-39-20-11-14(22(28)23(29)24(20)40-13-21(34)31-17-7-5-4-6-16(17)30)10-18-25(35)33(27(37)32-18)12-15-8-9-19(41-15)26(36)38-2/h4-11H,3,12-13H2,1-2H3,(H,31,34)(H,32,37)/b18-10-. The van der Waals surface area contributed by atoms with Gasteiger partial charge in [0.05, 0.1) is 25.9 Å². The minimum atomic E-state index is -0.703. The van der Waals surface area contributed by atoms with Crippen LogP contribution < -0.4 is 20.1 Å². The van der Waals surface area contributed by atoms with Crippen LogP contribution in [0.2, 0.25) is 5.02 Å². The van der Waals surface area contributed by atoms with Gasteiger partial charge in [-0.15, -0.1) is 0 Å². The van der Waals surface area contributed by atoms with Gasteiger partial charge in [0.1, 0.15) is 22.3 Å². The summed E-state index contributed by atoms with van der Waals surface area (Å²) < 4.78 is 35.3. The Bertz CT molecular complexity index is 1560. The van der Waals surface area contributed by atoms with E-state index in [0.717, 1.165) is 4.90 Å². The van der Waals surface area contributed by atoms with Crippen LogP contribution in [0.5, 0.6) is 11.5 Å². The van der Waals surface area contributed by atoms with Crippen LogP contribution in [0.4, 0.5) is 14.9 Å². The summed E-state index contributed by atoms with van der Waals surface area (Å²) in [6.45, 7) is 1.20. The lowest BCUT2D eigenvalue weighted by atomic mass is 10.1. The summed E-state index contributed by atoms with van der Waals surface area (Å²) in [7, 11) is 1.20. The van der Waals surface area contributed by atoms with Crippen LogP contribution in [-0.2, 0) is 20.9 Å². The fourth-order valence-corrected chi connectivity index (χ4v) is 4.36. The van der Waals surface area contributed by atoms with Crippen molar-refractivity contribution in [1.29, 1.82) is 0 Å². The molecule has 1 saturated heterocycles. The number of furan rings is 1. The lowest BCUT2D eigenvalue weighted by Gasteiger charge is -2.16. The number of para-hydroxylation sites is 1. The molecule has 0 aliphatic carbocycles. The summed E-state index contributed by atoms with van der Waals surface area (Å²) in [5.74, 6) is -2.27. The van der Waals surface area contributed by atoms with Gasteiger partial charge in [-0.05, 0) is 64.8 Å². The maximum atomic E-state index is 13.9. The first-order valence-corrected chi connectivity index (χ1v) is 13.1. The van der Waals surface area contributed by atoms with E-state index in [1.807, 2.05) is 0 Å². The van der Waals surface area contributed by atoms with Gasteiger partial charge in [0.25, 0.3) is 11.8 Å². The number of anilines is 1. The molecule has 4 amide bonds. The molecule has 14 heteroatoms. The average molecular weight is 651 g/mol. The summed E-state index contributed by atoms with van der Waals surface area (Å²) >= 11 is 9.89. The molecular weight excluding hydrogens is 629 g/mol. The number of amides is 4. The van der Waals surface area contributed by atoms with Gasteiger partial charge >= 0.3 is 12.0 Å². The Hall–Kier alpha value is -4.36. The van der Waals surface area contributed by atoms with Crippen LogP contribution in [0.15, 0.2) is 57.1 Å². The van der Waals surface area contributed by atoms with Gasteiger partial charge < -0.3 is 29.3 Å². The average Bonchev–Trinajstić information content (AvgIpc) is 3.52. The van der Waals surface area contributed by atoms with Crippen molar-refractivity contribution in [3.8, 4) is 11.5 Å². The number of urea groups is 1. The van der Waals surface area contributed by atoms with Gasteiger partial charge in [0, 0.05) is 4.47 Å². The maximum absolute atomic E-state index is 13.9. The number of esters is 1. The molecule has 0 unspecified atom stereocenters. The van der Waals surface area contributed by atoms with Crippen LogP contribution in [0.25, 0.3) is 6.08 Å². The number of nitrogens with zero attached hydrogens (tertiary/aromatic N) is 1. The second-order valence-corrected chi connectivity index (χ2v) is 9.48. The third-order valence-corrected chi connectivity index (χ3v) is 7.02. The van der Waals surface area contributed by atoms with Gasteiger partial charge in [-0.1, -0.05) is 23.7 Å². The summed E-state index contributed by atoms with van der Waals surface area (Å²) in [6, 6.07) is 9.31. The van der Waals surface area contributed by atoms with Crippen molar-refractivity contribution in [2.75, 3.05) is 25.6 Å². The third kappa shape index (κ3) is 6.69. The van der Waals surface area contributed by atoms with E-state index < -0.39 is 36.2 Å². The van der Waals surface area contributed by atoms with Gasteiger partial charge in [0.15, 0.2) is 18.1 Å². The Morgan fingerprint density at radius 1 is 1.20 bits per heavy atom. The Balaban J connectivity index is 1.53. The summed E-state index contributed by atoms with van der Waals surface area (Å²) in [5, 5.41) is 4.93. The smallest absolute Gasteiger partial charge is 0.373 e. The highest BCUT2D eigenvalue weighted by molar-refractivity contribution is 9.10. The van der Waals surface area contributed by atoms with Gasteiger partial charge in [-0.3, -0.25) is 14.5 Å². The molecule has 11 nitrogen and oxygen atoms in total. The zero-order chi connectivity index (χ0) is 29.7. The van der Waals surface area contributed by atoms with E-state index in [4.69, 9.17) is 25.5 Å². The lowest BCUT2D eigenvalue weighted by Crippen LogP contribution is -2.30. The Kier molecular flexibility index (Phi) is 9.30. The zero-order valence-electron chi connectivity index (χ0n) is 21.6. The number of carbonyl (C=O) groups excluding carboxylic acids is 4. The van der Waals surface area contributed by atoms with Crippen LogP contribution >= 0.6 is 27.5 Å². The Morgan fingerprint density at radius 2 is 1.95 bits per heavy atom. The summed E-state index contributed by atoms with van der Waals surface area (Å²) in [6.07, 6.45) is 1.38. The van der Waals surface area contributed by atoms with E-state index in [0.29, 0.717) is 5.56 Å². The molecule has 1 aliphatic heterocycles. The number of halogens is 3. The monoisotopic (exact) mass is 649 g/mol. The molecule has 3 aromatic rings. The number of carbonyl (C=O) groups is 4. The second kappa shape index (κ2) is 12.9.